The third kappa shape index (κ3) is 8.44. The van der Waals surface area contributed by atoms with Gasteiger partial charge in [-0.05, 0) is 57.1 Å². The number of anilines is 1. The SMILES string of the molecule is COC(=O)[C@@H]1CSCc2c(O[Si](C)(C)C(C)(C)C)cc(N3C(=O)c4ccccc4C3=O)cc2C(=O)OC[C@H](NC(=O)OC(C)(C)C)C(=O)N1. The molecule has 0 unspecified atom stereocenters. The summed E-state index contributed by atoms with van der Waals surface area (Å²) < 4.78 is 22.6. The molecule has 49 heavy (non-hydrogen) atoms. The Balaban J connectivity index is 1.85. The van der Waals surface area contributed by atoms with Crippen molar-refractivity contribution in [1.82, 2.24) is 10.6 Å². The number of fused-ring (bicyclic) bond motifs is 2. The Bertz CT molecular complexity index is 1650. The highest BCUT2D eigenvalue weighted by atomic mass is 32.2. The number of rotatable bonds is 5. The van der Waals surface area contributed by atoms with E-state index in [4.69, 9.17) is 18.6 Å². The van der Waals surface area contributed by atoms with E-state index in [1.165, 1.54) is 24.9 Å². The molecule has 2 aliphatic rings. The maximum atomic E-state index is 14.0. The van der Waals surface area contributed by atoms with Gasteiger partial charge >= 0.3 is 18.0 Å². The number of alkyl carbamates (subject to hydrolysis) is 1. The fraction of sp³-hybridized carbons (Fsp3) is 0.471. The lowest BCUT2D eigenvalue weighted by Gasteiger charge is -2.37. The number of benzene rings is 2. The second kappa shape index (κ2) is 14.2. The van der Waals surface area contributed by atoms with Crippen LogP contribution in [0.4, 0.5) is 10.5 Å². The Kier molecular flexibility index (Phi) is 10.9. The molecule has 0 aliphatic carbocycles. The smallest absolute Gasteiger partial charge is 0.408 e. The molecule has 0 radical (unpaired) electrons. The van der Waals surface area contributed by atoms with Gasteiger partial charge in [0.15, 0.2) is 0 Å². The van der Waals surface area contributed by atoms with Crippen LogP contribution in [0.25, 0.3) is 0 Å². The minimum Gasteiger partial charge on any atom is -0.543 e. The first kappa shape index (κ1) is 37.4. The Morgan fingerprint density at radius 2 is 1.59 bits per heavy atom. The summed E-state index contributed by atoms with van der Waals surface area (Å²) >= 11 is 1.22. The Morgan fingerprint density at radius 1 is 0.980 bits per heavy atom. The highest BCUT2D eigenvalue weighted by molar-refractivity contribution is 7.98. The summed E-state index contributed by atoms with van der Waals surface area (Å²) in [4.78, 5) is 80.8. The Labute approximate surface area is 290 Å². The highest BCUT2D eigenvalue weighted by Gasteiger charge is 2.42. The normalized spacial score (nSPS) is 19.0. The molecule has 0 saturated carbocycles. The van der Waals surface area contributed by atoms with Gasteiger partial charge in [0.25, 0.3) is 11.8 Å². The van der Waals surface area contributed by atoms with Gasteiger partial charge in [-0.1, -0.05) is 32.9 Å². The van der Waals surface area contributed by atoms with Crippen LogP contribution in [0.3, 0.4) is 0 Å². The van der Waals surface area contributed by atoms with Crippen molar-refractivity contribution < 1.29 is 47.4 Å². The largest absolute Gasteiger partial charge is 0.543 e. The highest BCUT2D eigenvalue weighted by Crippen LogP contribution is 2.42. The molecular weight excluding hydrogens is 671 g/mol. The number of ether oxygens (including phenoxy) is 3. The summed E-state index contributed by atoms with van der Waals surface area (Å²) in [6, 6.07) is 6.82. The molecule has 0 aromatic heterocycles. The number of hydrogen-bond donors (Lipinski definition) is 2. The zero-order valence-electron chi connectivity index (χ0n) is 29.2. The minimum atomic E-state index is -2.59. The molecular formula is C34H43N3O10SSi. The number of esters is 2. The molecule has 13 nitrogen and oxygen atoms in total. The van der Waals surface area contributed by atoms with Crippen molar-refractivity contribution in [2.24, 2.45) is 0 Å². The molecule has 264 valence electrons. The van der Waals surface area contributed by atoms with Crippen LogP contribution >= 0.6 is 11.8 Å². The summed E-state index contributed by atoms with van der Waals surface area (Å²) in [5.74, 6) is -3.10. The van der Waals surface area contributed by atoms with Crippen LogP contribution in [0, 0.1) is 0 Å². The van der Waals surface area contributed by atoms with E-state index in [0.717, 1.165) is 4.90 Å². The average Bonchev–Trinajstić information content (AvgIpc) is 3.25. The van der Waals surface area contributed by atoms with E-state index in [-0.39, 0.29) is 44.7 Å². The Morgan fingerprint density at radius 3 is 2.14 bits per heavy atom. The first-order valence-corrected chi connectivity index (χ1v) is 19.8. The van der Waals surface area contributed by atoms with Gasteiger partial charge in [-0.25, -0.2) is 19.3 Å². The van der Waals surface area contributed by atoms with Crippen molar-refractivity contribution in [3.05, 3.63) is 58.7 Å². The summed E-state index contributed by atoms with van der Waals surface area (Å²) in [6.07, 6.45) is -0.946. The summed E-state index contributed by atoms with van der Waals surface area (Å²) in [5.41, 5.74) is 0.0475. The van der Waals surface area contributed by atoms with Gasteiger partial charge in [-0.15, -0.1) is 0 Å². The van der Waals surface area contributed by atoms with Crippen molar-refractivity contribution >= 4 is 61.5 Å². The van der Waals surface area contributed by atoms with Gasteiger partial charge in [-0.2, -0.15) is 11.8 Å². The van der Waals surface area contributed by atoms with Crippen molar-refractivity contribution in [1.29, 1.82) is 0 Å². The summed E-state index contributed by atoms with van der Waals surface area (Å²) in [6.45, 7) is 14.5. The first-order valence-electron chi connectivity index (χ1n) is 15.7. The lowest BCUT2D eigenvalue weighted by molar-refractivity contribution is -0.144. The van der Waals surface area contributed by atoms with Gasteiger partial charge in [0.1, 0.15) is 30.0 Å². The van der Waals surface area contributed by atoms with Crippen LogP contribution in [0.1, 0.15) is 78.2 Å². The quantitative estimate of drug-likeness (QED) is 0.189. The van der Waals surface area contributed by atoms with Crippen molar-refractivity contribution in [3.63, 3.8) is 0 Å². The third-order valence-corrected chi connectivity index (χ3v) is 13.8. The molecule has 2 heterocycles. The zero-order valence-corrected chi connectivity index (χ0v) is 31.0. The van der Waals surface area contributed by atoms with Crippen LogP contribution in [0.5, 0.6) is 5.75 Å². The molecule has 15 heteroatoms. The van der Waals surface area contributed by atoms with Crippen molar-refractivity contribution in [3.8, 4) is 5.75 Å². The van der Waals surface area contributed by atoms with Gasteiger partial charge < -0.3 is 29.3 Å². The average molecular weight is 714 g/mol. The molecule has 0 spiro atoms. The topological polar surface area (TPSA) is 167 Å². The number of thioether (sulfide) groups is 1. The van der Waals surface area contributed by atoms with Crippen molar-refractivity contribution in [2.45, 2.75) is 83.1 Å². The predicted octanol–water partition coefficient (Wildman–Crippen LogP) is 4.83. The van der Waals surface area contributed by atoms with E-state index >= 15 is 0 Å². The van der Waals surface area contributed by atoms with Crippen LogP contribution < -0.4 is 20.0 Å². The second-order valence-electron chi connectivity index (χ2n) is 14.2. The number of carbonyl (C=O) groups excluding carboxylic acids is 6. The molecule has 0 fully saturated rings. The summed E-state index contributed by atoms with van der Waals surface area (Å²) in [5, 5.41) is 4.72. The van der Waals surface area contributed by atoms with Gasteiger partial charge in [0.2, 0.25) is 14.2 Å². The number of nitrogens with one attached hydrogen (secondary N) is 2. The molecule has 2 aromatic carbocycles. The number of carbonyl (C=O) groups is 6. The number of cyclic esters (lactones) is 1. The zero-order chi connectivity index (χ0) is 36.5. The lowest BCUT2D eigenvalue weighted by atomic mass is 10.1. The number of hydrogen-bond acceptors (Lipinski definition) is 11. The van der Waals surface area contributed by atoms with Crippen LogP contribution in [-0.2, 0) is 29.6 Å². The van der Waals surface area contributed by atoms with E-state index in [9.17, 15) is 28.8 Å². The molecule has 2 atom stereocenters. The van der Waals surface area contributed by atoms with Crippen LogP contribution in [-0.4, -0.2) is 81.2 Å². The number of nitrogens with zero attached hydrogens (tertiary/aromatic N) is 1. The molecule has 0 saturated heterocycles. The van der Waals surface area contributed by atoms with Crippen LogP contribution in [0.2, 0.25) is 18.1 Å². The first-order chi connectivity index (χ1) is 22.7. The molecule has 0 bridgehead atoms. The van der Waals surface area contributed by atoms with Crippen LogP contribution in [0.15, 0.2) is 36.4 Å². The number of imide groups is 1. The third-order valence-electron chi connectivity index (χ3n) is 8.36. The van der Waals surface area contributed by atoms with Gasteiger partial charge in [0, 0.05) is 23.1 Å². The van der Waals surface area contributed by atoms with E-state index in [1.54, 1.807) is 51.1 Å². The number of methoxy groups -OCH3 is 1. The molecule has 4 amide bonds. The molecule has 2 aromatic rings. The van der Waals surface area contributed by atoms with E-state index in [0.29, 0.717) is 5.56 Å². The lowest BCUT2D eigenvalue weighted by Crippen LogP contribution is -2.55. The van der Waals surface area contributed by atoms with Gasteiger partial charge in [-0.3, -0.25) is 14.4 Å². The monoisotopic (exact) mass is 713 g/mol. The van der Waals surface area contributed by atoms with E-state index in [1.807, 2.05) is 33.9 Å². The standard InChI is InChI=1S/C34H43N3O10SSi/c1-33(2,3)46-32(43)36-24-16-45-30(41)22-14-19(37-28(39)20-12-10-11-13-21(20)29(37)40)15-26(47-49(8,9)34(4,5)6)23(22)17-48-18-25(31(42)44-7)35-27(24)38/h10-15,24-25H,16-18H2,1-9H3,(H,35,38)(H,36,43)/t24-,25-/m0/s1. The maximum absolute atomic E-state index is 14.0. The maximum Gasteiger partial charge on any atom is 0.408 e. The Hall–Kier alpha value is -4.37. The van der Waals surface area contributed by atoms with Gasteiger partial charge in [0.05, 0.1) is 29.5 Å². The fourth-order valence-corrected chi connectivity index (χ4v) is 6.88. The minimum absolute atomic E-state index is 0.0121. The molecule has 4 rings (SSSR count). The van der Waals surface area contributed by atoms with Crippen molar-refractivity contribution in [2.75, 3.05) is 24.4 Å². The number of amides is 4. The summed E-state index contributed by atoms with van der Waals surface area (Å²) in [7, 11) is -1.41. The molecule has 2 N–H and O–H groups in total. The predicted molar refractivity (Wildman–Crippen MR) is 185 cm³/mol. The molecule has 2 aliphatic heterocycles. The van der Waals surface area contributed by atoms with E-state index < -0.39 is 68.4 Å². The van der Waals surface area contributed by atoms with E-state index in [2.05, 4.69) is 10.6 Å². The second-order valence-corrected chi connectivity index (χ2v) is 20.0. The fourth-order valence-electron chi connectivity index (χ4n) is 4.77.